The number of benzene rings is 6. The Bertz CT molecular complexity index is 2220. The van der Waals surface area contributed by atoms with Crippen LogP contribution in [0.25, 0.3) is 43.1 Å². The molecule has 2 aliphatic heterocycles. The summed E-state index contributed by atoms with van der Waals surface area (Å²) in [6, 6.07) is 19.7. The third-order valence-electron chi connectivity index (χ3n) is 11.3. The van der Waals surface area contributed by atoms with Crippen LogP contribution in [0, 0.1) is 0 Å². The largest absolute Gasteiger partial charge is 0.398 e. The van der Waals surface area contributed by atoms with Crippen molar-refractivity contribution in [1.82, 2.24) is 0 Å². The molecule has 9 rings (SSSR count). The summed E-state index contributed by atoms with van der Waals surface area (Å²) in [5.41, 5.74) is 35.3. The summed E-state index contributed by atoms with van der Waals surface area (Å²) < 4.78 is 0. The fourth-order valence-electron chi connectivity index (χ4n) is 9.35. The fourth-order valence-corrected chi connectivity index (χ4v) is 9.35. The number of nitrogen functional groups attached to an aromatic ring is 4. The number of anilines is 8. The molecule has 6 aromatic carbocycles. The first kappa shape index (κ1) is 28.9. The topological polar surface area (TPSA) is 158 Å². The number of fused-ring (bicyclic) bond motifs is 4. The van der Waals surface area contributed by atoms with Crippen molar-refractivity contribution in [3.63, 3.8) is 0 Å². The van der Waals surface area contributed by atoms with E-state index in [1.54, 1.807) is 0 Å². The predicted molar refractivity (Wildman–Crippen MR) is 201 cm³/mol. The highest BCUT2D eigenvalue weighted by atomic mass is 16.3. The van der Waals surface area contributed by atoms with Crippen LogP contribution in [0.3, 0.4) is 0 Å². The number of hydrogen-bond donors (Lipinski definition) is 6. The van der Waals surface area contributed by atoms with E-state index in [0.717, 1.165) is 77.0 Å². The van der Waals surface area contributed by atoms with Gasteiger partial charge < -0.3 is 52.7 Å². The second kappa shape index (κ2) is 9.62. The Morgan fingerprint density at radius 2 is 0.854 bits per heavy atom. The van der Waals surface area contributed by atoms with Crippen molar-refractivity contribution >= 4 is 88.6 Å². The van der Waals surface area contributed by atoms with Crippen molar-refractivity contribution in [1.29, 1.82) is 0 Å². The van der Waals surface area contributed by atoms with Gasteiger partial charge in [-0.2, -0.15) is 0 Å². The van der Waals surface area contributed by atoms with Gasteiger partial charge in [0.1, 0.15) is 0 Å². The van der Waals surface area contributed by atoms with E-state index in [2.05, 4.69) is 59.9 Å². The lowest BCUT2D eigenvalue weighted by atomic mass is 9.60. The van der Waals surface area contributed by atoms with E-state index in [4.69, 9.17) is 22.9 Å². The van der Waals surface area contributed by atoms with E-state index in [9.17, 15) is 10.2 Å². The molecule has 1 aliphatic carbocycles. The number of nitrogens with zero attached hydrogens (tertiary/aromatic N) is 4. The van der Waals surface area contributed by atoms with Crippen LogP contribution in [0.15, 0.2) is 60.7 Å². The highest BCUT2D eigenvalue weighted by Crippen LogP contribution is 2.60. The molecule has 0 saturated heterocycles. The second-order valence-corrected chi connectivity index (χ2v) is 14.0. The Hall–Kier alpha value is -5.32. The highest BCUT2D eigenvalue weighted by Gasteiger charge is 2.53. The maximum Gasteiger partial charge on any atom is 0.0897 e. The van der Waals surface area contributed by atoms with E-state index in [1.807, 2.05) is 48.5 Å². The SMILES string of the molecule is CN1CN(C)c2c3cccc(N)c3c(C3C(O)C(c4c5c(N)cccc5c5c6c(ccc(N)c46)N(C)CN5C)C3O)c3c(N)ccc1c23. The Labute approximate surface area is 278 Å². The lowest BCUT2D eigenvalue weighted by Gasteiger charge is -2.49. The average molecular weight is 641 g/mol. The van der Waals surface area contributed by atoms with Gasteiger partial charge in [0.25, 0.3) is 0 Å². The number of nitrogens with two attached hydrogens (primary N) is 4. The van der Waals surface area contributed by atoms with Crippen molar-refractivity contribution in [3.8, 4) is 0 Å². The molecule has 0 radical (unpaired) electrons. The molecule has 0 atom stereocenters. The monoisotopic (exact) mass is 640 g/mol. The summed E-state index contributed by atoms with van der Waals surface area (Å²) >= 11 is 0. The first-order valence-corrected chi connectivity index (χ1v) is 16.3. The van der Waals surface area contributed by atoms with E-state index >= 15 is 0 Å². The first-order chi connectivity index (χ1) is 23.0. The van der Waals surface area contributed by atoms with Gasteiger partial charge in [-0.1, -0.05) is 24.3 Å². The minimum absolute atomic E-state index is 0.576. The molecule has 0 spiro atoms. The summed E-state index contributed by atoms with van der Waals surface area (Å²) in [6.45, 7) is 1.38. The molecular weight excluding hydrogens is 600 g/mol. The van der Waals surface area contributed by atoms with Crippen molar-refractivity contribution in [2.45, 2.75) is 24.0 Å². The zero-order chi connectivity index (χ0) is 33.5. The number of rotatable bonds is 2. The van der Waals surface area contributed by atoms with E-state index in [0.29, 0.717) is 36.1 Å². The van der Waals surface area contributed by atoms with Gasteiger partial charge in [-0.25, -0.2) is 0 Å². The number of hydrogen-bond acceptors (Lipinski definition) is 10. The lowest BCUT2D eigenvalue weighted by molar-refractivity contribution is -0.0765. The molecule has 2 heterocycles. The van der Waals surface area contributed by atoms with Crippen molar-refractivity contribution < 1.29 is 10.2 Å². The van der Waals surface area contributed by atoms with Crippen molar-refractivity contribution in [2.24, 2.45) is 0 Å². The van der Waals surface area contributed by atoms with Gasteiger partial charge in [0.2, 0.25) is 0 Å². The molecule has 244 valence electrons. The molecular formula is C38H40N8O2. The molecule has 0 unspecified atom stereocenters. The van der Waals surface area contributed by atoms with Gasteiger partial charge in [-0.3, -0.25) is 0 Å². The molecule has 3 aliphatic rings. The molecule has 10 heteroatoms. The molecule has 6 aromatic rings. The van der Waals surface area contributed by atoms with Crippen LogP contribution >= 0.6 is 0 Å². The zero-order valence-electron chi connectivity index (χ0n) is 27.5. The standard InChI is InChI=1S/C38H40N8O2/c1-43-15-45(3)35-17-7-5-9-19(39)25(17)31(27-21(41)11-13-23(43)29(27)35)33-37(47)34(38(33)48)32-26-18(8-6-10-20(26)40)36-30-24(44(2)16-46(36)4)14-12-22(42)28(30)32/h5-14,33-34,37-38,47-48H,15-16,39-42H2,1-4H3. The molecule has 0 aromatic heterocycles. The fraction of sp³-hybridized carbons (Fsp3) is 0.263. The summed E-state index contributed by atoms with van der Waals surface area (Å²) in [6.07, 6.45) is -1.98. The molecule has 1 saturated carbocycles. The van der Waals surface area contributed by atoms with Crippen LogP contribution in [0.2, 0.25) is 0 Å². The number of aliphatic hydroxyl groups is 2. The van der Waals surface area contributed by atoms with Crippen LogP contribution in [-0.2, 0) is 0 Å². The maximum atomic E-state index is 12.5. The third kappa shape index (κ3) is 3.43. The van der Waals surface area contributed by atoms with Crippen molar-refractivity contribution in [2.75, 3.05) is 84.1 Å². The average Bonchev–Trinajstić information content (AvgIpc) is 3.04. The molecule has 0 amide bonds. The van der Waals surface area contributed by atoms with Crippen LogP contribution in [-0.4, -0.2) is 63.9 Å². The Morgan fingerprint density at radius 3 is 1.25 bits per heavy atom. The summed E-state index contributed by atoms with van der Waals surface area (Å²) in [5.74, 6) is -1.35. The van der Waals surface area contributed by atoms with E-state index in [1.165, 1.54) is 0 Å². The van der Waals surface area contributed by atoms with E-state index in [-0.39, 0.29) is 0 Å². The molecule has 0 bridgehead atoms. The normalized spacial score (nSPS) is 22.0. The third-order valence-corrected chi connectivity index (χ3v) is 11.3. The predicted octanol–water partition coefficient (Wildman–Crippen LogP) is 4.92. The Kier molecular flexibility index (Phi) is 5.78. The maximum absolute atomic E-state index is 12.5. The van der Waals surface area contributed by atoms with Gasteiger partial charge in [0.05, 0.1) is 36.9 Å². The van der Waals surface area contributed by atoms with Gasteiger partial charge in [0, 0.05) is 117 Å². The van der Waals surface area contributed by atoms with E-state index < -0.39 is 24.0 Å². The van der Waals surface area contributed by atoms with Crippen molar-refractivity contribution in [3.05, 3.63) is 71.8 Å². The Balaban J connectivity index is 1.35. The molecule has 10 nitrogen and oxygen atoms in total. The lowest BCUT2D eigenvalue weighted by Crippen LogP contribution is -2.52. The number of aliphatic hydroxyl groups excluding tert-OH is 2. The summed E-state index contributed by atoms with van der Waals surface area (Å²) in [4.78, 5) is 8.79. The van der Waals surface area contributed by atoms with Gasteiger partial charge in [-0.15, -0.1) is 0 Å². The second-order valence-electron chi connectivity index (χ2n) is 14.0. The summed E-state index contributed by atoms with van der Waals surface area (Å²) in [7, 11) is 8.25. The highest BCUT2D eigenvalue weighted by molar-refractivity contribution is 6.26. The quantitative estimate of drug-likeness (QED) is 0.113. The van der Waals surface area contributed by atoms with Crippen LogP contribution in [0.5, 0.6) is 0 Å². The zero-order valence-corrected chi connectivity index (χ0v) is 27.5. The molecule has 48 heavy (non-hydrogen) atoms. The molecule has 1 fully saturated rings. The van der Waals surface area contributed by atoms with Gasteiger partial charge in [0.15, 0.2) is 0 Å². The smallest absolute Gasteiger partial charge is 0.0897 e. The first-order valence-electron chi connectivity index (χ1n) is 16.3. The Morgan fingerprint density at radius 1 is 0.479 bits per heavy atom. The summed E-state index contributed by atoms with van der Waals surface area (Å²) in [5, 5.41) is 32.2. The minimum atomic E-state index is -0.989. The minimum Gasteiger partial charge on any atom is -0.398 e. The van der Waals surface area contributed by atoms with Gasteiger partial charge >= 0.3 is 0 Å². The van der Waals surface area contributed by atoms with Crippen LogP contribution < -0.4 is 42.5 Å². The molecule has 10 N–H and O–H groups in total. The van der Waals surface area contributed by atoms with Gasteiger partial charge in [-0.05, 0) is 47.5 Å². The van der Waals surface area contributed by atoms with Crippen LogP contribution in [0.1, 0.15) is 23.0 Å². The van der Waals surface area contributed by atoms with Crippen LogP contribution in [0.4, 0.5) is 45.5 Å².